The Morgan fingerprint density at radius 1 is 1.40 bits per heavy atom. The molecule has 2 rings (SSSR count). The molecule has 1 amide bonds. The smallest absolute Gasteiger partial charge is 0.223 e. The number of hydrogen-bond acceptors (Lipinski definition) is 3. The number of nitrogens with one attached hydrogen (secondary N) is 1. The second-order valence-corrected chi connectivity index (χ2v) is 3.70. The van der Waals surface area contributed by atoms with Crippen molar-refractivity contribution >= 4 is 32.6 Å². The Balaban J connectivity index is 0.000000711. The maximum absolute atomic E-state index is 10.7. The van der Waals surface area contributed by atoms with Crippen LogP contribution < -0.4 is 5.32 Å². The molecule has 3 nitrogen and oxygen atoms in total. The number of para-hydroxylation sites is 1. The normalized spacial score (nSPS) is 9.27. The van der Waals surface area contributed by atoms with E-state index in [9.17, 15) is 4.79 Å². The van der Waals surface area contributed by atoms with Crippen molar-refractivity contribution in [3.8, 4) is 0 Å². The maximum atomic E-state index is 10.7. The fraction of sp³-hybridized carbons (Fsp3) is 0.273. The molecular formula is C11H16N2OS. The van der Waals surface area contributed by atoms with E-state index in [4.69, 9.17) is 0 Å². The Bertz CT molecular complexity index is 423. The summed E-state index contributed by atoms with van der Waals surface area (Å²) < 4.78 is 1.09. The predicted octanol–water partition coefficient (Wildman–Crippen LogP) is 3.53. The summed E-state index contributed by atoms with van der Waals surface area (Å²) in [5.41, 5.74) is 0.927. The minimum atomic E-state index is -0.0842. The number of benzene rings is 1. The van der Waals surface area contributed by atoms with Crippen molar-refractivity contribution in [3.63, 3.8) is 0 Å². The van der Waals surface area contributed by atoms with Gasteiger partial charge in [-0.1, -0.05) is 37.3 Å². The third-order valence-corrected chi connectivity index (χ3v) is 2.53. The second kappa shape index (κ2) is 5.46. The number of carbonyl (C=O) groups is 1. The third kappa shape index (κ3) is 3.02. The van der Waals surface area contributed by atoms with Crippen molar-refractivity contribution in [2.75, 3.05) is 5.32 Å². The topological polar surface area (TPSA) is 42.0 Å². The van der Waals surface area contributed by atoms with E-state index >= 15 is 0 Å². The molecule has 1 aromatic heterocycles. The molecule has 1 heterocycles. The average molecular weight is 224 g/mol. The Labute approximate surface area is 94.6 Å². The first-order chi connectivity index (χ1) is 7.25. The van der Waals surface area contributed by atoms with Crippen LogP contribution in [0.3, 0.4) is 0 Å². The lowest BCUT2D eigenvalue weighted by atomic mass is 10.3. The molecule has 0 aliphatic rings. The van der Waals surface area contributed by atoms with Crippen LogP contribution in [0, 0.1) is 0 Å². The summed E-state index contributed by atoms with van der Waals surface area (Å²) >= 11 is 1.48. The van der Waals surface area contributed by atoms with Crippen molar-refractivity contribution < 1.29 is 6.22 Å². The quantitative estimate of drug-likeness (QED) is 0.805. The summed E-state index contributed by atoms with van der Waals surface area (Å²) in [7, 11) is 0. The van der Waals surface area contributed by atoms with Crippen LogP contribution >= 0.6 is 11.3 Å². The van der Waals surface area contributed by atoms with Gasteiger partial charge in [-0.2, -0.15) is 0 Å². The highest BCUT2D eigenvalue weighted by Gasteiger charge is 2.02. The fourth-order valence-corrected chi connectivity index (χ4v) is 1.99. The van der Waals surface area contributed by atoms with E-state index < -0.39 is 0 Å². The Kier molecular flexibility index (Phi) is 4.24. The number of thiazole rings is 1. The lowest BCUT2D eigenvalue weighted by Gasteiger charge is -1.91. The number of fused-ring (bicyclic) bond motifs is 1. The molecule has 0 atom stereocenters. The van der Waals surface area contributed by atoms with Gasteiger partial charge in [0.1, 0.15) is 0 Å². The largest absolute Gasteiger partial charge is 0.302 e. The van der Waals surface area contributed by atoms with E-state index in [1.54, 1.807) is 0 Å². The molecule has 0 aliphatic heterocycles. The summed E-state index contributed by atoms with van der Waals surface area (Å²) in [4.78, 5) is 15.0. The summed E-state index contributed by atoms with van der Waals surface area (Å²) in [6.45, 7) is 5.48. The third-order valence-electron chi connectivity index (χ3n) is 1.58. The summed E-state index contributed by atoms with van der Waals surface area (Å²) in [5.74, 6) is -0.0842. The van der Waals surface area contributed by atoms with E-state index in [0.29, 0.717) is 5.13 Å². The van der Waals surface area contributed by atoms with Gasteiger partial charge < -0.3 is 5.32 Å². The highest BCUT2D eigenvalue weighted by Crippen LogP contribution is 2.24. The molecule has 0 saturated carbocycles. The molecule has 0 fully saturated rings. The monoisotopic (exact) mass is 224 g/mol. The number of carbonyl (C=O) groups excluding carboxylic acids is 1. The van der Waals surface area contributed by atoms with E-state index in [2.05, 4.69) is 10.3 Å². The van der Waals surface area contributed by atoms with Gasteiger partial charge in [-0.05, 0) is 12.1 Å². The van der Waals surface area contributed by atoms with Gasteiger partial charge in [0.25, 0.3) is 0 Å². The number of aromatic nitrogens is 1. The van der Waals surface area contributed by atoms with Crippen molar-refractivity contribution in [1.82, 2.24) is 4.98 Å². The molecule has 82 valence electrons. The zero-order chi connectivity index (χ0) is 11.3. The van der Waals surface area contributed by atoms with Gasteiger partial charge in [0.2, 0.25) is 5.91 Å². The van der Waals surface area contributed by atoms with Crippen molar-refractivity contribution in [3.05, 3.63) is 24.3 Å². The van der Waals surface area contributed by atoms with Crippen molar-refractivity contribution in [1.29, 1.82) is 0 Å². The highest BCUT2D eigenvalue weighted by atomic mass is 32.1. The highest BCUT2D eigenvalue weighted by molar-refractivity contribution is 7.22. The van der Waals surface area contributed by atoms with Gasteiger partial charge in [0.05, 0.1) is 10.2 Å². The maximum Gasteiger partial charge on any atom is 0.223 e. The van der Waals surface area contributed by atoms with Crippen LogP contribution in [0.15, 0.2) is 24.3 Å². The van der Waals surface area contributed by atoms with E-state index in [-0.39, 0.29) is 7.33 Å². The fourth-order valence-electron chi connectivity index (χ4n) is 1.08. The van der Waals surface area contributed by atoms with Crippen LogP contribution in [0.4, 0.5) is 5.13 Å². The predicted molar refractivity (Wildman–Crippen MR) is 67.4 cm³/mol. The van der Waals surface area contributed by atoms with Crippen molar-refractivity contribution in [2.45, 2.75) is 20.8 Å². The molecule has 4 heteroatoms. The first-order valence-corrected chi connectivity index (χ1v) is 5.70. The lowest BCUT2D eigenvalue weighted by molar-refractivity contribution is -0.114. The standard InChI is InChI=1S/C9H8N2OS.C2H6.H2/c1-6(12)10-9-11-7-4-2-3-5-8(7)13-9;1-2;/h2-5H,1H3,(H,10,11,12);1-2H3;1H. The molecule has 1 N–H and O–H groups in total. The van der Waals surface area contributed by atoms with E-state index in [0.717, 1.165) is 10.2 Å². The van der Waals surface area contributed by atoms with Gasteiger partial charge in [-0.3, -0.25) is 4.79 Å². The molecule has 0 saturated heterocycles. The minimum Gasteiger partial charge on any atom is -0.302 e. The Morgan fingerprint density at radius 3 is 2.67 bits per heavy atom. The van der Waals surface area contributed by atoms with Crippen molar-refractivity contribution in [2.24, 2.45) is 0 Å². The SMILES string of the molecule is CC.CC(=O)Nc1nc2ccccc2s1.[HH]. The van der Waals surface area contributed by atoms with Gasteiger partial charge in [0, 0.05) is 8.35 Å². The van der Waals surface area contributed by atoms with Crippen LogP contribution in [0.25, 0.3) is 10.2 Å². The molecule has 2 aromatic rings. The Morgan fingerprint density at radius 2 is 2.07 bits per heavy atom. The zero-order valence-corrected chi connectivity index (χ0v) is 9.89. The van der Waals surface area contributed by atoms with E-state index in [1.807, 2.05) is 38.1 Å². The number of nitrogens with zero attached hydrogens (tertiary/aromatic N) is 1. The lowest BCUT2D eigenvalue weighted by Crippen LogP contribution is -2.04. The van der Waals surface area contributed by atoms with Crippen LogP contribution in [0.2, 0.25) is 0 Å². The Hall–Kier alpha value is -1.42. The van der Waals surface area contributed by atoms with Crippen LogP contribution in [-0.4, -0.2) is 10.9 Å². The molecule has 15 heavy (non-hydrogen) atoms. The number of anilines is 1. The molecule has 0 unspecified atom stereocenters. The minimum absolute atomic E-state index is 0. The van der Waals surface area contributed by atoms with Gasteiger partial charge in [-0.25, -0.2) is 4.98 Å². The molecule has 0 radical (unpaired) electrons. The molecular weight excluding hydrogens is 208 g/mol. The molecule has 0 spiro atoms. The van der Waals surface area contributed by atoms with Gasteiger partial charge >= 0.3 is 0 Å². The number of hydrogen-bond donors (Lipinski definition) is 1. The molecule has 0 aliphatic carbocycles. The molecule has 0 bridgehead atoms. The second-order valence-electron chi connectivity index (χ2n) is 2.67. The summed E-state index contributed by atoms with van der Waals surface area (Å²) in [6.07, 6.45) is 0. The number of amides is 1. The molecule has 1 aromatic carbocycles. The average Bonchev–Trinajstić information content (AvgIpc) is 2.61. The zero-order valence-electron chi connectivity index (χ0n) is 9.07. The summed E-state index contributed by atoms with van der Waals surface area (Å²) in [5, 5.41) is 3.32. The van der Waals surface area contributed by atoms with Gasteiger partial charge in [0.15, 0.2) is 5.13 Å². The van der Waals surface area contributed by atoms with Crippen LogP contribution in [0.1, 0.15) is 22.2 Å². The first kappa shape index (κ1) is 11.7. The number of rotatable bonds is 1. The summed E-state index contributed by atoms with van der Waals surface area (Å²) in [6, 6.07) is 7.80. The van der Waals surface area contributed by atoms with Gasteiger partial charge in [-0.15, -0.1) is 0 Å². The van der Waals surface area contributed by atoms with E-state index in [1.165, 1.54) is 18.3 Å². The van der Waals surface area contributed by atoms with Crippen LogP contribution in [-0.2, 0) is 4.79 Å². The van der Waals surface area contributed by atoms with Crippen LogP contribution in [0.5, 0.6) is 0 Å². The first-order valence-electron chi connectivity index (χ1n) is 4.89.